The van der Waals surface area contributed by atoms with Gasteiger partial charge in [-0.1, -0.05) is 6.92 Å². The number of hydrogen-bond donors (Lipinski definition) is 2. The molecule has 0 unspecified atom stereocenters. The van der Waals surface area contributed by atoms with Gasteiger partial charge < -0.3 is 11.1 Å². The van der Waals surface area contributed by atoms with Gasteiger partial charge >= 0.3 is 0 Å². The quantitative estimate of drug-likeness (QED) is 0.888. The van der Waals surface area contributed by atoms with Crippen LogP contribution in [0.5, 0.6) is 0 Å². The number of nitrogen functional groups attached to an aromatic ring is 1. The highest BCUT2D eigenvalue weighted by molar-refractivity contribution is 5.71. The molecule has 0 radical (unpaired) electrons. The zero-order chi connectivity index (χ0) is 14.0. The van der Waals surface area contributed by atoms with E-state index in [1.807, 2.05) is 24.6 Å². The Hall–Kier alpha value is -2.04. The van der Waals surface area contributed by atoms with E-state index in [2.05, 4.69) is 17.3 Å². The highest BCUT2D eigenvalue weighted by Gasteiger charge is 2.12. The van der Waals surface area contributed by atoms with Gasteiger partial charge in [-0.3, -0.25) is 0 Å². The number of halogens is 1. The van der Waals surface area contributed by atoms with Gasteiger partial charge in [0.1, 0.15) is 5.82 Å². The molecule has 0 aliphatic rings. The fourth-order valence-corrected chi connectivity index (χ4v) is 2.05. The number of benzene rings is 1. The molecule has 0 saturated carbocycles. The van der Waals surface area contributed by atoms with E-state index in [1.54, 1.807) is 0 Å². The Morgan fingerprint density at radius 1 is 1.32 bits per heavy atom. The maximum atomic E-state index is 13.4. The largest absolute Gasteiger partial charge is 0.394 e. The standard InChI is InChI=1S/C14H19FN4/c1-4-5-19-14(13(16)10(3)18-19)17-12-7-9(2)6-11(15)8-12/h6-8,17H,4-5,16H2,1-3H3. The molecular formula is C14H19FN4. The van der Waals surface area contributed by atoms with E-state index in [4.69, 9.17) is 5.73 Å². The van der Waals surface area contributed by atoms with Crippen LogP contribution in [-0.2, 0) is 6.54 Å². The topological polar surface area (TPSA) is 55.9 Å². The maximum absolute atomic E-state index is 13.4. The van der Waals surface area contributed by atoms with Gasteiger partial charge in [-0.05, 0) is 44.0 Å². The van der Waals surface area contributed by atoms with Crippen LogP contribution in [0, 0.1) is 19.7 Å². The van der Waals surface area contributed by atoms with Crippen molar-refractivity contribution < 1.29 is 4.39 Å². The molecule has 1 heterocycles. The Kier molecular flexibility index (Phi) is 3.74. The summed E-state index contributed by atoms with van der Waals surface area (Å²) in [6, 6.07) is 4.81. The van der Waals surface area contributed by atoms with E-state index in [-0.39, 0.29) is 5.82 Å². The number of rotatable bonds is 4. The van der Waals surface area contributed by atoms with Gasteiger partial charge in [0.25, 0.3) is 0 Å². The van der Waals surface area contributed by atoms with Crippen molar-refractivity contribution in [3.63, 3.8) is 0 Å². The van der Waals surface area contributed by atoms with Gasteiger partial charge in [-0.15, -0.1) is 0 Å². The fraction of sp³-hybridized carbons (Fsp3) is 0.357. The van der Waals surface area contributed by atoms with Crippen molar-refractivity contribution in [3.8, 4) is 0 Å². The zero-order valence-electron chi connectivity index (χ0n) is 11.5. The average molecular weight is 262 g/mol. The number of anilines is 3. The van der Waals surface area contributed by atoms with Crippen molar-refractivity contribution in [3.05, 3.63) is 35.3 Å². The van der Waals surface area contributed by atoms with E-state index < -0.39 is 0 Å². The Bertz CT molecular complexity index is 569. The van der Waals surface area contributed by atoms with Crippen LogP contribution in [0.25, 0.3) is 0 Å². The summed E-state index contributed by atoms with van der Waals surface area (Å²) in [6.07, 6.45) is 0.956. The van der Waals surface area contributed by atoms with E-state index in [0.717, 1.165) is 30.0 Å². The smallest absolute Gasteiger partial charge is 0.152 e. The number of nitrogens with one attached hydrogen (secondary N) is 1. The number of hydrogen-bond acceptors (Lipinski definition) is 3. The van der Waals surface area contributed by atoms with Gasteiger partial charge in [0.2, 0.25) is 0 Å². The summed E-state index contributed by atoms with van der Waals surface area (Å²) in [5, 5.41) is 7.54. The molecule has 3 N–H and O–H groups in total. The van der Waals surface area contributed by atoms with Gasteiger partial charge in [0.15, 0.2) is 5.82 Å². The molecule has 0 fully saturated rings. The molecular weight excluding hydrogens is 243 g/mol. The van der Waals surface area contributed by atoms with Crippen molar-refractivity contribution in [2.24, 2.45) is 0 Å². The summed E-state index contributed by atoms with van der Waals surface area (Å²) >= 11 is 0. The molecule has 0 aliphatic carbocycles. The summed E-state index contributed by atoms with van der Waals surface area (Å²) < 4.78 is 15.2. The first-order valence-corrected chi connectivity index (χ1v) is 6.38. The van der Waals surface area contributed by atoms with Gasteiger partial charge in [-0.2, -0.15) is 5.10 Å². The molecule has 0 amide bonds. The molecule has 19 heavy (non-hydrogen) atoms. The molecule has 0 spiro atoms. The van der Waals surface area contributed by atoms with Crippen LogP contribution >= 0.6 is 0 Å². The van der Waals surface area contributed by atoms with Crippen LogP contribution in [0.4, 0.5) is 21.6 Å². The summed E-state index contributed by atoms with van der Waals surface area (Å²) in [7, 11) is 0. The Labute approximate surface area is 112 Å². The minimum atomic E-state index is -0.264. The summed E-state index contributed by atoms with van der Waals surface area (Å²) in [5.74, 6) is 0.462. The summed E-state index contributed by atoms with van der Waals surface area (Å²) in [6.45, 7) is 6.56. The molecule has 0 bridgehead atoms. The van der Waals surface area contributed by atoms with Crippen LogP contribution < -0.4 is 11.1 Å². The third-order valence-electron chi connectivity index (χ3n) is 2.91. The van der Waals surface area contributed by atoms with E-state index >= 15 is 0 Å². The van der Waals surface area contributed by atoms with Crippen LogP contribution in [0.15, 0.2) is 18.2 Å². The second kappa shape index (κ2) is 5.30. The monoisotopic (exact) mass is 262 g/mol. The first-order chi connectivity index (χ1) is 9.01. The van der Waals surface area contributed by atoms with E-state index in [1.165, 1.54) is 12.1 Å². The highest BCUT2D eigenvalue weighted by Crippen LogP contribution is 2.27. The highest BCUT2D eigenvalue weighted by atomic mass is 19.1. The van der Waals surface area contributed by atoms with Gasteiger partial charge in [0, 0.05) is 12.2 Å². The summed E-state index contributed by atoms with van der Waals surface area (Å²) in [4.78, 5) is 0. The van der Waals surface area contributed by atoms with Crippen molar-refractivity contribution in [1.29, 1.82) is 0 Å². The van der Waals surface area contributed by atoms with E-state index in [0.29, 0.717) is 11.4 Å². The third-order valence-corrected chi connectivity index (χ3v) is 2.91. The molecule has 1 aromatic heterocycles. The summed E-state index contributed by atoms with van der Waals surface area (Å²) in [5.41, 5.74) is 8.95. The lowest BCUT2D eigenvalue weighted by molar-refractivity contribution is 0.605. The minimum absolute atomic E-state index is 0.264. The lowest BCUT2D eigenvalue weighted by Crippen LogP contribution is -2.06. The molecule has 0 saturated heterocycles. The number of aromatic nitrogens is 2. The predicted octanol–water partition coefficient (Wildman–Crippen LogP) is 3.37. The molecule has 2 rings (SSSR count). The van der Waals surface area contributed by atoms with Crippen molar-refractivity contribution in [2.75, 3.05) is 11.1 Å². The first-order valence-electron chi connectivity index (χ1n) is 6.38. The minimum Gasteiger partial charge on any atom is -0.394 e. The lowest BCUT2D eigenvalue weighted by Gasteiger charge is -2.11. The SMILES string of the molecule is CCCn1nc(C)c(N)c1Nc1cc(C)cc(F)c1. The molecule has 102 valence electrons. The Morgan fingerprint density at radius 3 is 2.68 bits per heavy atom. The maximum Gasteiger partial charge on any atom is 0.152 e. The van der Waals surface area contributed by atoms with E-state index in [9.17, 15) is 4.39 Å². The van der Waals surface area contributed by atoms with Gasteiger partial charge in [0.05, 0.1) is 11.4 Å². The molecule has 4 nitrogen and oxygen atoms in total. The molecule has 2 aromatic rings. The third kappa shape index (κ3) is 2.86. The molecule has 0 atom stereocenters. The number of nitrogens with two attached hydrogens (primary N) is 1. The fourth-order valence-electron chi connectivity index (χ4n) is 2.05. The first kappa shape index (κ1) is 13.4. The average Bonchev–Trinajstić information content (AvgIpc) is 2.56. The normalized spacial score (nSPS) is 10.7. The predicted molar refractivity (Wildman–Crippen MR) is 76.1 cm³/mol. The van der Waals surface area contributed by atoms with Crippen LogP contribution in [0.3, 0.4) is 0 Å². The lowest BCUT2D eigenvalue weighted by atomic mass is 10.2. The Morgan fingerprint density at radius 2 is 2.05 bits per heavy atom. The number of nitrogens with zero attached hydrogens (tertiary/aromatic N) is 2. The molecule has 1 aromatic carbocycles. The second-order valence-corrected chi connectivity index (χ2v) is 4.71. The second-order valence-electron chi connectivity index (χ2n) is 4.71. The molecule has 5 heteroatoms. The Balaban J connectivity index is 2.36. The van der Waals surface area contributed by atoms with Gasteiger partial charge in [-0.25, -0.2) is 9.07 Å². The van der Waals surface area contributed by atoms with Crippen LogP contribution in [-0.4, -0.2) is 9.78 Å². The van der Waals surface area contributed by atoms with Crippen LogP contribution in [0.2, 0.25) is 0 Å². The zero-order valence-corrected chi connectivity index (χ0v) is 11.5. The van der Waals surface area contributed by atoms with Crippen LogP contribution in [0.1, 0.15) is 24.6 Å². The molecule has 0 aliphatic heterocycles. The van der Waals surface area contributed by atoms with Crippen molar-refractivity contribution in [1.82, 2.24) is 9.78 Å². The number of aryl methyl sites for hydroxylation is 3. The van der Waals surface area contributed by atoms with Crippen molar-refractivity contribution >= 4 is 17.2 Å². The van der Waals surface area contributed by atoms with Crippen molar-refractivity contribution in [2.45, 2.75) is 33.7 Å².